The van der Waals surface area contributed by atoms with Crippen LogP contribution < -0.4 is 5.56 Å². The Balaban J connectivity index is 2.93. The van der Waals surface area contributed by atoms with Crippen molar-refractivity contribution in [1.82, 2.24) is 9.55 Å². The summed E-state index contributed by atoms with van der Waals surface area (Å²) in [6, 6.07) is 3.36. The molecule has 0 saturated carbocycles. The van der Waals surface area contributed by atoms with Crippen LogP contribution in [0.5, 0.6) is 0 Å². The van der Waals surface area contributed by atoms with Crippen LogP contribution >= 0.6 is 11.6 Å². The zero-order valence-corrected chi connectivity index (χ0v) is 9.75. The molecule has 0 aliphatic rings. The number of hydrogen-bond acceptors (Lipinski definition) is 3. The molecule has 4 nitrogen and oxygen atoms in total. The van der Waals surface area contributed by atoms with E-state index in [0.717, 1.165) is 5.56 Å². The lowest BCUT2D eigenvalue weighted by Crippen LogP contribution is -2.22. The molecule has 0 radical (unpaired) electrons. The van der Waals surface area contributed by atoms with Crippen molar-refractivity contribution in [2.45, 2.75) is 13.5 Å². The summed E-state index contributed by atoms with van der Waals surface area (Å²) in [5.74, 6) is 0.331. The van der Waals surface area contributed by atoms with E-state index in [1.807, 2.05) is 6.92 Å². The standard InChI is InChI=1S/C11H11ClN2O2/c1-6-3-7-9(4-8(6)12)13-10(5-15)14(2)11(7)16/h3-4,15H,5H2,1-2H3. The van der Waals surface area contributed by atoms with E-state index >= 15 is 0 Å². The molecule has 2 rings (SSSR count). The monoisotopic (exact) mass is 238 g/mol. The second-order valence-corrected chi connectivity index (χ2v) is 4.08. The maximum absolute atomic E-state index is 11.9. The van der Waals surface area contributed by atoms with Crippen molar-refractivity contribution in [3.05, 3.63) is 38.9 Å². The van der Waals surface area contributed by atoms with Gasteiger partial charge in [-0.1, -0.05) is 11.6 Å². The Kier molecular flexibility index (Phi) is 2.69. The highest BCUT2D eigenvalue weighted by Crippen LogP contribution is 2.20. The third-order valence-corrected chi connectivity index (χ3v) is 3.00. The predicted octanol–water partition coefficient (Wildman–Crippen LogP) is 1.39. The number of aryl methyl sites for hydroxylation is 1. The molecule has 0 aliphatic heterocycles. The van der Waals surface area contributed by atoms with Crippen LogP contribution in [0.25, 0.3) is 10.9 Å². The van der Waals surface area contributed by atoms with E-state index in [1.54, 1.807) is 19.2 Å². The number of aliphatic hydroxyl groups excluding tert-OH is 1. The fourth-order valence-electron chi connectivity index (χ4n) is 1.59. The average Bonchev–Trinajstić information content (AvgIpc) is 2.26. The molecule has 0 saturated heterocycles. The highest BCUT2D eigenvalue weighted by atomic mass is 35.5. The molecule has 1 aromatic carbocycles. The summed E-state index contributed by atoms with van der Waals surface area (Å²) in [6.45, 7) is 1.56. The second-order valence-electron chi connectivity index (χ2n) is 3.67. The number of nitrogens with zero attached hydrogens (tertiary/aromatic N) is 2. The van der Waals surface area contributed by atoms with Crippen LogP contribution in [-0.4, -0.2) is 14.7 Å². The molecule has 0 amide bonds. The minimum absolute atomic E-state index is 0.172. The van der Waals surface area contributed by atoms with Crippen LogP contribution in [0.1, 0.15) is 11.4 Å². The number of hydrogen-bond donors (Lipinski definition) is 1. The van der Waals surface area contributed by atoms with Crippen LogP contribution in [0, 0.1) is 6.92 Å². The molecule has 16 heavy (non-hydrogen) atoms. The number of rotatable bonds is 1. The molecule has 84 valence electrons. The number of fused-ring (bicyclic) bond motifs is 1. The van der Waals surface area contributed by atoms with E-state index in [0.29, 0.717) is 21.7 Å². The van der Waals surface area contributed by atoms with Gasteiger partial charge in [0.05, 0.1) is 10.9 Å². The molecule has 0 spiro atoms. The maximum atomic E-state index is 11.9. The lowest BCUT2D eigenvalue weighted by Gasteiger charge is -2.07. The molecule has 0 unspecified atom stereocenters. The summed E-state index contributed by atoms with van der Waals surface area (Å²) in [5.41, 5.74) is 1.18. The third kappa shape index (κ3) is 1.60. The van der Waals surface area contributed by atoms with Gasteiger partial charge in [0.25, 0.3) is 5.56 Å². The number of halogens is 1. The molecule has 2 aromatic rings. The minimum atomic E-state index is -0.271. The molecule has 0 aliphatic carbocycles. The van der Waals surface area contributed by atoms with Crippen molar-refractivity contribution in [3.8, 4) is 0 Å². The maximum Gasteiger partial charge on any atom is 0.261 e. The summed E-state index contributed by atoms with van der Waals surface area (Å²) in [6.07, 6.45) is 0. The van der Waals surface area contributed by atoms with E-state index in [9.17, 15) is 4.79 Å². The minimum Gasteiger partial charge on any atom is -0.388 e. The second kappa shape index (κ2) is 3.88. The molecular weight excluding hydrogens is 228 g/mol. The van der Waals surface area contributed by atoms with Gasteiger partial charge in [0.1, 0.15) is 12.4 Å². The van der Waals surface area contributed by atoms with Crippen LogP contribution in [0.3, 0.4) is 0 Å². The molecule has 1 heterocycles. The SMILES string of the molecule is Cc1cc2c(=O)n(C)c(CO)nc2cc1Cl. The first-order valence-corrected chi connectivity index (χ1v) is 5.19. The van der Waals surface area contributed by atoms with Gasteiger partial charge in [0, 0.05) is 12.1 Å². The number of aromatic nitrogens is 2. The van der Waals surface area contributed by atoms with Gasteiger partial charge in [0.2, 0.25) is 0 Å². The molecule has 0 fully saturated rings. The lowest BCUT2D eigenvalue weighted by molar-refractivity contribution is 0.265. The fraction of sp³-hybridized carbons (Fsp3) is 0.273. The normalized spacial score (nSPS) is 11.0. The zero-order chi connectivity index (χ0) is 11.9. The topological polar surface area (TPSA) is 55.1 Å². The molecule has 1 aromatic heterocycles. The van der Waals surface area contributed by atoms with Gasteiger partial charge in [-0.2, -0.15) is 0 Å². The summed E-state index contributed by atoms with van der Waals surface area (Å²) < 4.78 is 1.34. The highest BCUT2D eigenvalue weighted by Gasteiger charge is 2.09. The van der Waals surface area contributed by atoms with E-state index in [2.05, 4.69) is 4.98 Å². The molecule has 5 heteroatoms. The van der Waals surface area contributed by atoms with E-state index < -0.39 is 0 Å². The average molecular weight is 239 g/mol. The third-order valence-electron chi connectivity index (χ3n) is 2.59. The largest absolute Gasteiger partial charge is 0.388 e. The first-order chi connectivity index (χ1) is 7.54. The predicted molar refractivity (Wildman–Crippen MR) is 62.7 cm³/mol. The van der Waals surface area contributed by atoms with E-state index in [4.69, 9.17) is 16.7 Å². The van der Waals surface area contributed by atoms with Crippen LogP contribution in [0.2, 0.25) is 5.02 Å². The zero-order valence-electron chi connectivity index (χ0n) is 8.99. The smallest absolute Gasteiger partial charge is 0.261 e. The summed E-state index contributed by atoms with van der Waals surface area (Å²) in [4.78, 5) is 16.1. The number of aliphatic hydroxyl groups is 1. The van der Waals surface area contributed by atoms with Gasteiger partial charge in [-0.25, -0.2) is 4.98 Å². The van der Waals surface area contributed by atoms with Gasteiger partial charge in [-0.05, 0) is 24.6 Å². The first kappa shape index (κ1) is 11.1. The Morgan fingerprint density at radius 1 is 1.50 bits per heavy atom. The van der Waals surface area contributed by atoms with Crippen molar-refractivity contribution in [2.24, 2.45) is 7.05 Å². The van der Waals surface area contributed by atoms with Crippen LogP contribution in [0.15, 0.2) is 16.9 Å². The van der Waals surface area contributed by atoms with Crippen molar-refractivity contribution < 1.29 is 5.11 Å². The first-order valence-electron chi connectivity index (χ1n) is 4.81. The quantitative estimate of drug-likeness (QED) is 0.817. The summed E-state index contributed by atoms with van der Waals surface area (Å²) in [7, 11) is 1.59. The van der Waals surface area contributed by atoms with E-state index in [-0.39, 0.29) is 12.2 Å². The van der Waals surface area contributed by atoms with Crippen LogP contribution in [0.4, 0.5) is 0 Å². The van der Waals surface area contributed by atoms with Gasteiger partial charge < -0.3 is 5.11 Å². The fourth-order valence-corrected chi connectivity index (χ4v) is 1.75. The molecule has 0 bridgehead atoms. The number of benzene rings is 1. The Labute approximate surface area is 97.1 Å². The van der Waals surface area contributed by atoms with Crippen molar-refractivity contribution in [1.29, 1.82) is 0 Å². The molecular formula is C11H11ClN2O2. The Morgan fingerprint density at radius 2 is 2.19 bits per heavy atom. The lowest BCUT2D eigenvalue weighted by atomic mass is 10.1. The van der Waals surface area contributed by atoms with Gasteiger partial charge in [-0.15, -0.1) is 0 Å². The highest BCUT2D eigenvalue weighted by molar-refractivity contribution is 6.32. The Morgan fingerprint density at radius 3 is 2.81 bits per heavy atom. The summed E-state index contributed by atoms with van der Waals surface area (Å²) in [5, 5.41) is 10.2. The van der Waals surface area contributed by atoms with Crippen LogP contribution in [-0.2, 0) is 13.7 Å². The Hall–Kier alpha value is -1.39. The van der Waals surface area contributed by atoms with Gasteiger partial charge in [-0.3, -0.25) is 9.36 Å². The summed E-state index contributed by atoms with van der Waals surface area (Å²) >= 11 is 5.96. The van der Waals surface area contributed by atoms with E-state index in [1.165, 1.54) is 4.57 Å². The van der Waals surface area contributed by atoms with Gasteiger partial charge >= 0.3 is 0 Å². The van der Waals surface area contributed by atoms with Crippen molar-refractivity contribution in [2.75, 3.05) is 0 Å². The molecule has 1 N–H and O–H groups in total. The van der Waals surface area contributed by atoms with Crippen molar-refractivity contribution >= 4 is 22.5 Å². The molecule has 0 atom stereocenters. The van der Waals surface area contributed by atoms with Crippen molar-refractivity contribution in [3.63, 3.8) is 0 Å². The van der Waals surface area contributed by atoms with Gasteiger partial charge in [0.15, 0.2) is 0 Å². The Bertz CT molecular complexity index is 619.